The summed E-state index contributed by atoms with van der Waals surface area (Å²) >= 11 is 0. The Morgan fingerprint density at radius 1 is 1.29 bits per heavy atom. The summed E-state index contributed by atoms with van der Waals surface area (Å²) < 4.78 is 10.5. The first-order chi connectivity index (χ1) is 10.1. The van der Waals surface area contributed by atoms with Crippen molar-refractivity contribution in [3.63, 3.8) is 0 Å². The molecular weight excluding hydrogens is 270 g/mol. The smallest absolute Gasteiger partial charge is 0.306 e. The highest BCUT2D eigenvalue weighted by molar-refractivity contribution is 5.70. The molecule has 0 bridgehead atoms. The minimum atomic E-state index is -0.674. The van der Waals surface area contributed by atoms with Crippen LogP contribution in [0.4, 0.5) is 0 Å². The molecular formula is C16H23NO4. The SMILES string of the molecule is COc1ccc(CNC2CCCC(C(=O)O)C2)cc1OC. The molecule has 1 aromatic rings. The van der Waals surface area contributed by atoms with Gasteiger partial charge in [0.15, 0.2) is 11.5 Å². The Morgan fingerprint density at radius 2 is 2.05 bits per heavy atom. The quantitative estimate of drug-likeness (QED) is 0.843. The minimum absolute atomic E-state index is 0.207. The summed E-state index contributed by atoms with van der Waals surface area (Å²) in [4.78, 5) is 11.1. The van der Waals surface area contributed by atoms with Gasteiger partial charge < -0.3 is 19.9 Å². The number of hydrogen-bond donors (Lipinski definition) is 2. The van der Waals surface area contributed by atoms with Gasteiger partial charge in [0.05, 0.1) is 20.1 Å². The number of carboxylic acid groups (broad SMARTS) is 1. The zero-order valence-corrected chi connectivity index (χ0v) is 12.6. The predicted octanol–water partition coefficient (Wildman–Crippen LogP) is 2.44. The highest BCUT2D eigenvalue weighted by atomic mass is 16.5. The molecule has 2 unspecified atom stereocenters. The second kappa shape index (κ2) is 7.31. The second-order valence-electron chi connectivity index (χ2n) is 5.47. The first-order valence-corrected chi connectivity index (χ1v) is 7.31. The van der Waals surface area contributed by atoms with Crippen LogP contribution in [0.3, 0.4) is 0 Å². The first-order valence-electron chi connectivity index (χ1n) is 7.31. The average Bonchev–Trinajstić information content (AvgIpc) is 2.52. The van der Waals surface area contributed by atoms with Crippen LogP contribution < -0.4 is 14.8 Å². The topological polar surface area (TPSA) is 67.8 Å². The number of hydrogen-bond acceptors (Lipinski definition) is 4. The van der Waals surface area contributed by atoms with Crippen molar-refractivity contribution < 1.29 is 19.4 Å². The van der Waals surface area contributed by atoms with Crippen molar-refractivity contribution in [1.82, 2.24) is 5.32 Å². The number of nitrogens with one attached hydrogen (secondary N) is 1. The molecule has 1 fully saturated rings. The van der Waals surface area contributed by atoms with E-state index in [4.69, 9.17) is 14.6 Å². The Morgan fingerprint density at radius 3 is 2.71 bits per heavy atom. The predicted molar refractivity (Wildman–Crippen MR) is 79.8 cm³/mol. The van der Waals surface area contributed by atoms with Crippen LogP contribution in [0.1, 0.15) is 31.2 Å². The number of rotatable bonds is 6. The van der Waals surface area contributed by atoms with Gasteiger partial charge in [-0.05, 0) is 37.0 Å². The van der Waals surface area contributed by atoms with Gasteiger partial charge in [-0.25, -0.2) is 0 Å². The van der Waals surface area contributed by atoms with E-state index < -0.39 is 5.97 Å². The first kappa shape index (κ1) is 15.6. The van der Waals surface area contributed by atoms with Crippen LogP contribution in [-0.2, 0) is 11.3 Å². The van der Waals surface area contributed by atoms with E-state index in [-0.39, 0.29) is 12.0 Å². The monoisotopic (exact) mass is 293 g/mol. The van der Waals surface area contributed by atoms with E-state index in [0.29, 0.717) is 24.5 Å². The molecule has 1 aromatic carbocycles. The van der Waals surface area contributed by atoms with Crippen molar-refractivity contribution in [3.05, 3.63) is 23.8 Å². The van der Waals surface area contributed by atoms with Crippen molar-refractivity contribution in [1.29, 1.82) is 0 Å². The Kier molecular flexibility index (Phi) is 5.44. The Balaban J connectivity index is 1.92. The molecule has 0 amide bonds. The molecule has 2 rings (SSSR count). The van der Waals surface area contributed by atoms with Gasteiger partial charge in [0.2, 0.25) is 0 Å². The van der Waals surface area contributed by atoms with Crippen LogP contribution in [0, 0.1) is 5.92 Å². The molecule has 2 N–H and O–H groups in total. The van der Waals surface area contributed by atoms with E-state index in [1.807, 2.05) is 18.2 Å². The second-order valence-corrected chi connectivity index (χ2v) is 5.47. The lowest BCUT2D eigenvalue weighted by Crippen LogP contribution is -2.36. The van der Waals surface area contributed by atoms with Crippen LogP contribution in [0.15, 0.2) is 18.2 Å². The van der Waals surface area contributed by atoms with Gasteiger partial charge in [-0.15, -0.1) is 0 Å². The van der Waals surface area contributed by atoms with Gasteiger partial charge in [0.25, 0.3) is 0 Å². The summed E-state index contributed by atoms with van der Waals surface area (Å²) in [7, 11) is 3.23. The third-order valence-corrected chi connectivity index (χ3v) is 4.07. The van der Waals surface area contributed by atoms with Gasteiger partial charge in [-0.3, -0.25) is 4.79 Å². The molecule has 0 aromatic heterocycles. The van der Waals surface area contributed by atoms with Gasteiger partial charge in [0, 0.05) is 12.6 Å². The molecule has 1 saturated carbocycles. The van der Waals surface area contributed by atoms with Gasteiger partial charge in [-0.2, -0.15) is 0 Å². The lowest BCUT2D eigenvalue weighted by atomic mass is 9.86. The van der Waals surface area contributed by atoms with E-state index in [9.17, 15) is 4.79 Å². The zero-order valence-electron chi connectivity index (χ0n) is 12.6. The molecule has 5 nitrogen and oxygen atoms in total. The van der Waals surface area contributed by atoms with Crippen molar-refractivity contribution >= 4 is 5.97 Å². The standard InChI is InChI=1S/C16H23NO4/c1-20-14-7-6-11(8-15(14)21-2)10-17-13-5-3-4-12(9-13)16(18)19/h6-8,12-13,17H,3-5,9-10H2,1-2H3,(H,18,19). The third-order valence-electron chi connectivity index (χ3n) is 4.07. The average molecular weight is 293 g/mol. The maximum Gasteiger partial charge on any atom is 0.306 e. The van der Waals surface area contributed by atoms with E-state index in [0.717, 1.165) is 24.8 Å². The van der Waals surface area contributed by atoms with E-state index in [2.05, 4.69) is 5.32 Å². The van der Waals surface area contributed by atoms with Crippen LogP contribution in [0.2, 0.25) is 0 Å². The molecule has 0 radical (unpaired) electrons. The number of benzene rings is 1. The maximum atomic E-state index is 11.1. The number of carbonyl (C=O) groups is 1. The molecule has 0 heterocycles. The molecule has 1 aliphatic carbocycles. The van der Waals surface area contributed by atoms with Gasteiger partial charge in [0.1, 0.15) is 0 Å². The van der Waals surface area contributed by atoms with Crippen LogP contribution in [0.5, 0.6) is 11.5 Å². The number of ether oxygens (including phenoxy) is 2. The van der Waals surface area contributed by atoms with Gasteiger partial charge >= 0.3 is 5.97 Å². The lowest BCUT2D eigenvalue weighted by molar-refractivity contribution is -0.143. The van der Waals surface area contributed by atoms with Crippen molar-refractivity contribution in [3.8, 4) is 11.5 Å². The highest BCUT2D eigenvalue weighted by Gasteiger charge is 2.26. The number of carboxylic acids is 1. The molecule has 1 aliphatic rings. The van der Waals surface area contributed by atoms with Crippen molar-refractivity contribution in [2.45, 2.75) is 38.3 Å². The summed E-state index contributed by atoms with van der Waals surface area (Å²) in [5.74, 6) is 0.544. The van der Waals surface area contributed by atoms with E-state index >= 15 is 0 Å². The zero-order chi connectivity index (χ0) is 15.2. The molecule has 116 valence electrons. The fourth-order valence-corrected chi connectivity index (χ4v) is 2.85. The van der Waals surface area contributed by atoms with Crippen molar-refractivity contribution in [2.75, 3.05) is 14.2 Å². The molecule has 2 atom stereocenters. The van der Waals surface area contributed by atoms with Crippen molar-refractivity contribution in [2.24, 2.45) is 5.92 Å². The highest BCUT2D eigenvalue weighted by Crippen LogP contribution is 2.28. The summed E-state index contributed by atoms with van der Waals surface area (Å²) in [6.07, 6.45) is 3.52. The Bertz CT molecular complexity index is 489. The maximum absolute atomic E-state index is 11.1. The summed E-state index contributed by atoms with van der Waals surface area (Å²) in [6, 6.07) is 6.10. The third kappa shape index (κ3) is 4.11. The van der Waals surface area contributed by atoms with Crippen LogP contribution in [0.25, 0.3) is 0 Å². The molecule has 5 heteroatoms. The van der Waals surface area contributed by atoms with Crippen LogP contribution >= 0.6 is 0 Å². The summed E-state index contributed by atoms with van der Waals surface area (Å²) in [6.45, 7) is 0.706. The lowest BCUT2D eigenvalue weighted by Gasteiger charge is -2.27. The largest absolute Gasteiger partial charge is 0.493 e. The number of methoxy groups -OCH3 is 2. The molecule has 0 spiro atoms. The fourth-order valence-electron chi connectivity index (χ4n) is 2.85. The fraction of sp³-hybridized carbons (Fsp3) is 0.562. The molecule has 0 saturated heterocycles. The Hall–Kier alpha value is -1.75. The van der Waals surface area contributed by atoms with Crippen LogP contribution in [-0.4, -0.2) is 31.3 Å². The van der Waals surface area contributed by atoms with E-state index in [1.165, 1.54) is 0 Å². The normalized spacial score (nSPS) is 21.8. The minimum Gasteiger partial charge on any atom is -0.493 e. The molecule has 0 aliphatic heterocycles. The molecule has 21 heavy (non-hydrogen) atoms. The number of aliphatic carboxylic acids is 1. The summed E-state index contributed by atoms with van der Waals surface area (Å²) in [5, 5.41) is 12.6. The summed E-state index contributed by atoms with van der Waals surface area (Å²) in [5.41, 5.74) is 1.10. The van der Waals surface area contributed by atoms with Gasteiger partial charge in [-0.1, -0.05) is 12.5 Å². The Labute approximate surface area is 125 Å². The van der Waals surface area contributed by atoms with E-state index in [1.54, 1.807) is 14.2 Å².